The normalized spacial score (nSPS) is 11.3. The number of carboxylic acid groups (broad SMARTS) is 1. The molecule has 0 bridgehead atoms. The van der Waals surface area contributed by atoms with E-state index in [9.17, 15) is 4.79 Å². The highest BCUT2D eigenvalue weighted by Gasteiger charge is 1.92. The molecule has 1 N–H and O–H groups in total. The van der Waals surface area contributed by atoms with E-state index in [0.29, 0.717) is 0 Å². The Kier molecular flexibility index (Phi) is 3.86. The molecule has 0 fully saturated rings. The minimum absolute atomic E-state index is 0.930. The lowest BCUT2D eigenvalue weighted by Gasteiger charge is -2.00. The molecule has 0 aliphatic heterocycles. The molecule has 0 aliphatic rings. The minimum atomic E-state index is -0.930. The van der Waals surface area contributed by atoms with Crippen LogP contribution in [0.2, 0.25) is 0 Å². The fraction of sp³-hybridized carbons (Fsp3) is 0.154. The Hall–Kier alpha value is -1.83. The topological polar surface area (TPSA) is 37.3 Å². The zero-order valence-electron chi connectivity index (χ0n) is 8.90. The van der Waals surface area contributed by atoms with Gasteiger partial charge in [0.25, 0.3) is 0 Å². The van der Waals surface area contributed by atoms with Gasteiger partial charge in [0.2, 0.25) is 0 Å². The zero-order chi connectivity index (χ0) is 11.3. The van der Waals surface area contributed by atoms with Gasteiger partial charge in [-0.25, -0.2) is 4.79 Å². The average Bonchev–Trinajstić information content (AvgIpc) is 2.14. The van der Waals surface area contributed by atoms with Crippen LogP contribution in [-0.2, 0) is 4.79 Å². The van der Waals surface area contributed by atoms with Gasteiger partial charge in [-0.3, -0.25) is 0 Å². The van der Waals surface area contributed by atoms with Crippen molar-refractivity contribution in [1.82, 2.24) is 0 Å². The molecule has 2 nitrogen and oxygen atoms in total. The van der Waals surface area contributed by atoms with Gasteiger partial charge in [-0.05, 0) is 25.0 Å². The van der Waals surface area contributed by atoms with Crippen LogP contribution in [0.15, 0.2) is 36.4 Å². The highest BCUT2D eigenvalue weighted by atomic mass is 16.4. The standard InChI is InChI=1S/C13H14O2/c1-10-7-8-12(11(2)9-10)5-3-4-6-13(14)15/h3-9H,1-2H3,(H,14,15)/b5-3+,6-4+. The fourth-order valence-corrected chi connectivity index (χ4v) is 1.31. The third-order valence-electron chi connectivity index (χ3n) is 2.05. The van der Waals surface area contributed by atoms with Crippen molar-refractivity contribution >= 4 is 12.0 Å². The molecule has 0 aromatic heterocycles. The minimum Gasteiger partial charge on any atom is -0.478 e. The van der Waals surface area contributed by atoms with Crippen LogP contribution in [-0.4, -0.2) is 11.1 Å². The van der Waals surface area contributed by atoms with Gasteiger partial charge in [-0.15, -0.1) is 0 Å². The Morgan fingerprint density at radius 1 is 1.27 bits per heavy atom. The second-order valence-electron chi connectivity index (χ2n) is 3.42. The molecule has 78 valence electrons. The Bertz CT molecular complexity index is 415. The SMILES string of the molecule is Cc1ccc(/C=C/C=C/C(=O)O)c(C)c1. The second-order valence-corrected chi connectivity index (χ2v) is 3.42. The van der Waals surface area contributed by atoms with Crippen molar-refractivity contribution in [3.8, 4) is 0 Å². The van der Waals surface area contributed by atoms with Crippen LogP contribution in [0.4, 0.5) is 0 Å². The van der Waals surface area contributed by atoms with Crippen molar-refractivity contribution < 1.29 is 9.90 Å². The lowest BCUT2D eigenvalue weighted by molar-refractivity contribution is -0.131. The van der Waals surface area contributed by atoms with Crippen LogP contribution in [0.1, 0.15) is 16.7 Å². The van der Waals surface area contributed by atoms with Crippen LogP contribution in [0.5, 0.6) is 0 Å². The zero-order valence-corrected chi connectivity index (χ0v) is 8.90. The molecule has 0 saturated heterocycles. The van der Waals surface area contributed by atoms with Crippen LogP contribution in [0, 0.1) is 13.8 Å². The summed E-state index contributed by atoms with van der Waals surface area (Å²) in [7, 11) is 0. The van der Waals surface area contributed by atoms with Gasteiger partial charge in [0.15, 0.2) is 0 Å². The maximum Gasteiger partial charge on any atom is 0.328 e. The third-order valence-corrected chi connectivity index (χ3v) is 2.05. The maximum atomic E-state index is 10.2. The molecule has 0 spiro atoms. The van der Waals surface area contributed by atoms with E-state index in [-0.39, 0.29) is 0 Å². The quantitative estimate of drug-likeness (QED) is 0.604. The molecule has 1 aromatic rings. The summed E-state index contributed by atoms with van der Waals surface area (Å²) in [6.45, 7) is 4.08. The molecule has 0 saturated carbocycles. The van der Waals surface area contributed by atoms with Gasteiger partial charge in [0, 0.05) is 6.08 Å². The Morgan fingerprint density at radius 3 is 2.60 bits per heavy atom. The molecule has 15 heavy (non-hydrogen) atoms. The largest absolute Gasteiger partial charge is 0.478 e. The molecular weight excluding hydrogens is 188 g/mol. The van der Waals surface area contributed by atoms with E-state index >= 15 is 0 Å². The highest BCUT2D eigenvalue weighted by Crippen LogP contribution is 2.11. The number of aryl methyl sites for hydroxylation is 2. The summed E-state index contributed by atoms with van der Waals surface area (Å²) in [6, 6.07) is 6.16. The summed E-state index contributed by atoms with van der Waals surface area (Å²) in [5.41, 5.74) is 3.52. The summed E-state index contributed by atoms with van der Waals surface area (Å²) in [5.74, 6) is -0.930. The first-order valence-corrected chi connectivity index (χ1v) is 4.74. The number of hydrogen-bond donors (Lipinski definition) is 1. The Balaban J connectivity index is 2.77. The Labute approximate surface area is 89.6 Å². The number of hydrogen-bond acceptors (Lipinski definition) is 1. The van der Waals surface area contributed by atoms with Gasteiger partial charge in [0.05, 0.1) is 0 Å². The third kappa shape index (κ3) is 3.81. The first kappa shape index (κ1) is 11.2. The molecule has 1 aromatic carbocycles. The monoisotopic (exact) mass is 202 g/mol. The fourth-order valence-electron chi connectivity index (χ4n) is 1.31. The van der Waals surface area contributed by atoms with Gasteiger partial charge < -0.3 is 5.11 Å². The van der Waals surface area contributed by atoms with Crippen molar-refractivity contribution in [2.75, 3.05) is 0 Å². The predicted octanol–water partition coefficient (Wildman–Crippen LogP) is 2.96. The highest BCUT2D eigenvalue weighted by molar-refractivity contribution is 5.80. The maximum absolute atomic E-state index is 10.2. The molecule has 0 radical (unpaired) electrons. The summed E-state index contributed by atoms with van der Waals surface area (Å²) in [6.07, 6.45) is 6.25. The second kappa shape index (κ2) is 5.15. The lowest BCUT2D eigenvalue weighted by atomic mass is 10.1. The smallest absolute Gasteiger partial charge is 0.328 e. The van der Waals surface area contributed by atoms with E-state index in [1.807, 2.05) is 32.1 Å². The number of carboxylic acids is 1. The molecule has 0 atom stereocenters. The van der Waals surface area contributed by atoms with Crippen molar-refractivity contribution in [1.29, 1.82) is 0 Å². The van der Waals surface area contributed by atoms with Crippen molar-refractivity contribution in [2.24, 2.45) is 0 Å². The van der Waals surface area contributed by atoms with Crippen LogP contribution in [0.25, 0.3) is 6.08 Å². The number of aliphatic carboxylic acids is 1. The van der Waals surface area contributed by atoms with Gasteiger partial charge >= 0.3 is 5.97 Å². The van der Waals surface area contributed by atoms with E-state index in [1.54, 1.807) is 6.08 Å². The van der Waals surface area contributed by atoms with E-state index in [4.69, 9.17) is 5.11 Å². The number of benzene rings is 1. The van der Waals surface area contributed by atoms with Crippen molar-refractivity contribution in [3.05, 3.63) is 53.1 Å². The molecule has 0 unspecified atom stereocenters. The van der Waals surface area contributed by atoms with Gasteiger partial charge in [0.1, 0.15) is 0 Å². The molecule has 2 heteroatoms. The van der Waals surface area contributed by atoms with E-state index in [2.05, 4.69) is 6.07 Å². The molecular formula is C13H14O2. The summed E-state index contributed by atoms with van der Waals surface area (Å²) in [4.78, 5) is 10.2. The van der Waals surface area contributed by atoms with Crippen molar-refractivity contribution in [3.63, 3.8) is 0 Å². The van der Waals surface area contributed by atoms with Crippen LogP contribution < -0.4 is 0 Å². The number of allylic oxidation sites excluding steroid dienone is 2. The van der Waals surface area contributed by atoms with E-state index in [0.717, 1.165) is 11.6 Å². The average molecular weight is 202 g/mol. The number of rotatable bonds is 3. The summed E-state index contributed by atoms with van der Waals surface area (Å²) < 4.78 is 0. The number of carbonyl (C=O) groups is 1. The summed E-state index contributed by atoms with van der Waals surface area (Å²) >= 11 is 0. The first-order valence-electron chi connectivity index (χ1n) is 4.74. The Morgan fingerprint density at radius 2 is 2.00 bits per heavy atom. The van der Waals surface area contributed by atoms with Crippen LogP contribution >= 0.6 is 0 Å². The molecule has 0 amide bonds. The predicted molar refractivity (Wildman–Crippen MR) is 61.7 cm³/mol. The summed E-state index contributed by atoms with van der Waals surface area (Å²) in [5, 5.41) is 8.38. The van der Waals surface area contributed by atoms with Gasteiger partial charge in [-0.2, -0.15) is 0 Å². The molecule has 1 rings (SSSR count). The van der Waals surface area contributed by atoms with Crippen molar-refractivity contribution in [2.45, 2.75) is 13.8 Å². The lowest BCUT2D eigenvalue weighted by Crippen LogP contribution is -1.84. The first-order chi connectivity index (χ1) is 7.09. The van der Waals surface area contributed by atoms with E-state index < -0.39 is 5.97 Å². The van der Waals surface area contributed by atoms with Gasteiger partial charge in [-0.1, -0.05) is 42.0 Å². The van der Waals surface area contributed by atoms with Crippen LogP contribution in [0.3, 0.4) is 0 Å². The molecule has 0 heterocycles. The van der Waals surface area contributed by atoms with E-state index in [1.165, 1.54) is 17.2 Å². The molecule has 0 aliphatic carbocycles.